The third-order valence-electron chi connectivity index (χ3n) is 3.11. The van der Waals surface area contributed by atoms with Crippen molar-refractivity contribution in [2.24, 2.45) is 0 Å². The molecule has 1 N–H and O–H groups in total. The Labute approximate surface area is 127 Å². The van der Waals surface area contributed by atoms with Gasteiger partial charge in [-0.3, -0.25) is 9.36 Å². The first-order chi connectivity index (χ1) is 10.2. The van der Waals surface area contributed by atoms with Gasteiger partial charge in [0.1, 0.15) is 11.8 Å². The van der Waals surface area contributed by atoms with Crippen LogP contribution >= 0.6 is 7.52 Å². The summed E-state index contributed by atoms with van der Waals surface area (Å²) >= 11 is 0. The molecule has 1 unspecified atom stereocenters. The van der Waals surface area contributed by atoms with Crippen molar-refractivity contribution in [3.8, 4) is 5.75 Å². The molecule has 0 fully saturated rings. The van der Waals surface area contributed by atoms with Crippen molar-refractivity contribution in [1.29, 1.82) is 0 Å². The van der Waals surface area contributed by atoms with Gasteiger partial charge in [-0.15, -0.1) is 6.58 Å². The van der Waals surface area contributed by atoms with E-state index in [4.69, 9.17) is 9.63 Å². The molecule has 122 valence electrons. The number of allylic oxidation sites excluding steroid dienone is 1. The largest absolute Gasteiger partial charge is 0.480 e. The van der Waals surface area contributed by atoms with Crippen molar-refractivity contribution < 1.29 is 27.8 Å². The van der Waals surface area contributed by atoms with Crippen LogP contribution in [0, 0.1) is 0 Å². The number of carboxylic acids is 1. The molecular formula is C14H18F2NO4P. The molecule has 5 nitrogen and oxygen atoms in total. The van der Waals surface area contributed by atoms with Gasteiger partial charge in [0, 0.05) is 6.42 Å². The van der Waals surface area contributed by atoms with Crippen LogP contribution in [0.4, 0.5) is 8.78 Å². The lowest BCUT2D eigenvalue weighted by Gasteiger charge is -2.35. The fourth-order valence-electron chi connectivity index (χ4n) is 1.66. The molecule has 2 atom stereocenters. The molecule has 22 heavy (non-hydrogen) atoms. The summed E-state index contributed by atoms with van der Waals surface area (Å²) in [4.78, 5) is 11.0. The number of benzene rings is 1. The monoisotopic (exact) mass is 333 g/mol. The molecular weight excluding hydrogens is 315 g/mol. The molecule has 0 aliphatic carbocycles. The molecule has 0 heterocycles. The Morgan fingerprint density at radius 3 is 2.50 bits per heavy atom. The summed E-state index contributed by atoms with van der Waals surface area (Å²) in [5.74, 6) is -1.41. The zero-order chi connectivity index (χ0) is 17.0. The van der Waals surface area contributed by atoms with Crippen molar-refractivity contribution in [3.63, 3.8) is 0 Å². The third kappa shape index (κ3) is 3.72. The van der Waals surface area contributed by atoms with Crippen molar-refractivity contribution in [1.82, 2.24) is 4.67 Å². The maximum atomic E-state index is 14.3. The molecule has 0 aromatic heterocycles. The van der Waals surface area contributed by atoms with Crippen molar-refractivity contribution >= 4 is 13.5 Å². The summed E-state index contributed by atoms with van der Waals surface area (Å²) < 4.78 is 47.2. The third-order valence-corrected chi connectivity index (χ3v) is 5.75. The van der Waals surface area contributed by atoms with Crippen LogP contribution in [0.1, 0.15) is 13.3 Å². The van der Waals surface area contributed by atoms with Gasteiger partial charge in [0.2, 0.25) is 0 Å². The van der Waals surface area contributed by atoms with Crippen LogP contribution in [0.5, 0.6) is 5.75 Å². The second-order valence-corrected chi connectivity index (χ2v) is 7.18. The number of carboxylic acid groups (broad SMARTS) is 1. The maximum absolute atomic E-state index is 14.3. The molecule has 0 saturated carbocycles. The SMILES string of the molecule is C=CCC(F)(F)P(=O)(Oc1ccccc1)N(C)[C@@H](C)C(=O)O. The zero-order valence-corrected chi connectivity index (χ0v) is 13.2. The van der Waals surface area contributed by atoms with Crippen LogP contribution in [0.3, 0.4) is 0 Å². The molecule has 0 aliphatic rings. The van der Waals surface area contributed by atoms with Gasteiger partial charge < -0.3 is 9.63 Å². The van der Waals surface area contributed by atoms with Gasteiger partial charge in [-0.25, -0.2) is 4.67 Å². The minimum atomic E-state index is -4.81. The van der Waals surface area contributed by atoms with Gasteiger partial charge in [-0.05, 0) is 26.1 Å². The Morgan fingerprint density at radius 1 is 1.50 bits per heavy atom. The zero-order valence-electron chi connectivity index (χ0n) is 12.3. The number of hydrogen-bond acceptors (Lipinski definition) is 3. The number of nitrogens with zero attached hydrogens (tertiary/aromatic N) is 1. The van der Waals surface area contributed by atoms with Crippen LogP contribution in [0.25, 0.3) is 0 Å². The molecule has 0 spiro atoms. The van der Waals surface area contributed by atoms with E-state index in [0.29, 0.717) is 4.67 Å². The number of rotatable bonds is 8. The van der Waals surface area contributed by atoms with E-state index in [2.05, 4.69) is 6.58 Å². The Bertz CT molecular complexity index is 579. The quantitative estimate of drug-likeness (QED) is 0.578. The summed E-state index contributed by atoms with van der Waals surface area (Å²) in [6.07, 6.45) is 0.0219. The van der Waals surface area contributed by atoms with Gasteiger partial charge in [-0.2, -0.15) is 8.78 Å². The van der Waals surface area contributed by atoms with E-state index in [0.717, 1.165) is 20.0 Å². The van der Waals surface area contributed by atoms with Gasteiger partial charge in [0.25, 0.3) is 0 Å². The van der Waals surface area contributed by atoms with Gasteiger partial charge in [0.15, 0.2) is 0 Å². The minimum Gasteiger partial charge on any atom is -0.480 e. The number of para-hydroxylation sites is 1. The van der Waals surface area contributed by atoms with Crippen LogP contribution < -0.4 is 4.52 Å². The fraction of sp³-hybridized carbons (Fsp3) is 0.357. The average Bonchev–Trinajstić information content (AvgIpc) is 2.46. The average molecular weight is 333 g/mol. The minimum absolute atomic E-state index is 0.0287. The Balaban J connectivity index is 3.28. The number of alkyl halides is 2. The normalized spacial score (nSPS) is 15.9. The smallest absolute Gasteiger partial charge is 0.388 e. The second kappa shape index (κ2) is 7.03. The second-order valence-electron chi connectivity index (χ2n) is 4.67. The number of halogens is 2. The highest BCUT2D eigenvalue weighted by atomic mass is 31.2. The first-order valence-electron chi connectivity index (χ1n) is 6.45. The van der Waals surface area contributed by atoms with E-state index in [1.807, 2.05) is 0 Å². The highest BCUT2D eigenvalue weighted by Gasteiger charge is 2.57. The van der Waals surface area contributed by atoms with E-state index in [9.17, 15) is 18.1 Å². The molecule has 8 heteroatoms. The number of likely N-dealkylation sites (N-methyl/N-ethyl adjacent to an activating group) is 1. The molecule has 0 amide bonds. The highest BCUT2D eigenvalue weighted by Crippen LogP contribution is 2.64. The summed E-state index contributed by atoms with van der Waals surface area (Å²) in [6, 6.07) is 6.04. The molecule has 0 saturated heterocycles. The predicted molar refractivity (Wildman–Crippen MR) is 79.3 cm³/mol. The topological polar surface area (TPSA) is 66.8 Å². The predicted octanol–water partition coefficient (Wildman–Crippen LogP) is 3.83. The lowest BCUT2D eigenvalue weighted by Crippen LogP contribution is -2.40. The van der Waals surface area contributed by atoms with Crippen LogP contribution in [-0.4, -0.2) is 34.5 Å². The van der Waals surface area contributed by atoms with E-state index in [1.165, 1.54) is 24.3 Å². The molecule has 1 rings (SSSR count). The Kier molecular flexibility index (Phi) is 5.85. The van der Waals surface area contributed by atoms with Crippen LogP contribution in [-0.2, 0) is 9.36 Å². The van der Waals surface area contributed by atoms with Gasteiger partial charge >= 0.3 is 19.2 Å². The van der Waals surface area contributed by atoms with E-state index in [-0.39, 0.29) is 5.75 Å². The van der Waals surface area contributed by atoms with Crippen LogP contribution in [0.15, 0.2) is 43.0 Å². The maximum Gasteiger partial charge on any atom is 0.388 e. The highest BCUT2D eigenvalue weighted by molar-refractivity contribution is 7.58. The van der Waals surface area contributed by atoms with Crippen LogP contribution in [0.2, 0.25) is 0 Å². The summed E-state index contributed by atoms with van der Waals surface area (Å²) in [5, 5.41) is 8.99. The molecule has 1 aromatic carbocycles. The lowest BCUT2D eigenvalue weighted by atomic mass is 10.3. The summed E-state index contributed by atoms with van der Waals surface area (Å²) in [6.45, 7) is 4.37. The Hall–Kier alpha value is -1.72. The Morgan fingerprint density at radius 2 is 2.05 bits per heavy atom. The molecule has 0 bridgehead atoms. The van der Waals surface area contributed by atoms with Crippen molar-refractivity contribution in [2.75, 3.05) is 7.05 Å². The molecule has 0 radical (unpaired) electrons. The fourth-order valence-corrected chi connectivity index (χ4v) is 3.71. The summed E-state index contributed by atoms with van der Waals surface area (Å²) in [7, 11) is -3.77. The molecule has 1 aromatic rings. The number of carbonyl (C=O) groups is 1. The first kappa shape index (κ1) is 18.3. The lowest BCUT2D eigenvalue weighted by molar-refractivity contribution is -0.140. The van der Waals surface area contributed by atoms with Gasteiger partial charge in [-0.1, -0.05) is 24.3 Å². The van der Waals surface area contributed by atoms with E-state index < -0.39 is 31.6 Å². The summed E-state index contributed by atoms with van der Waals surface area (Å²) in [5.41, 5.74) is -3.77. The van der Waals surface area contributed by atoms with E-state index in [1.54, 1.807) is 6.07 Å². The van der Waals surface area contributed by atoms with Crippen molar-refractivity contribution in [3.05, 3.63) is 43.0 Å². The number of aliphatic carboxylic acids is 1. The first-order valence-corrected chi connectivity index (χ1v) is 8.03. The van der Waals surface area contributed by atoms with Crippen molar-refractivity contribution in [2.45, 2.75) is 25.1 Å². The van der Waals surface area contributed by atoms with E-state index >= 15 is 0 Å². The molecule has 0 aliphatic heterocycles. The number of hydrogen-bond donors (Lipinski definition) is 1. The van der Waals surface area contributed by atoms with Gasteiger partial charge in [0.05, 0.1) is 0 Å². The standard InChI is InChI=1S/C14H18F2NO4P/c1-4-10-14(15,16)22(20,17(3)11(2)13(18)19)21-12-8-6-5-7-9-12/h4-9,11H,1,10H2,2-3H3,(H,18,19)/t11-,22?/m0/s1.